The molecule has 1 aromatic rings. The Labute approximate surface area is 175 Å². The first-order valence-electron chi connectivity index (χ1n) is 11.5. The van der Waals surface area contributed by atoms with Crippen LogP contribution in [0.15, 0.2) is 18.2 Å². The number of hydrogen-bond acceptors (Lipinski definition) is 4. The molecule has 1 spiro atoms. The number of aryl methyl sites for hydroxylation is 1. The summed E-state index contributed by atoms with van der Waals surface area (Å²) in [6, 6.07) is 6.32. The fourth-order valence-corrected chi connectivity index (χ4v) is 8.65. The van der Waals surface area contributed by atoms with E-state index in [0.29, 0.717) is 6.42 Å². The lowest BCUT2D eigenvalue weighted by atomic mass is 9.37. The van der Waals surface area contributed by atoms with E-state index in [1.807, 2.05) is 13.8 Å². The van der Waals surface area contributed by atoms with Crippen molar-refractivity contribution in [3.8, 4) is 0 Å². The van der Waals surface area contributed by atoms with Gasteiger partial charge < -0.3 is 15.6 Å². The van der Waals surface area contributed by atoms with Crippen LogP contribution in [0.1, 0.15) is 90.4 Å². The second-order valence-corrected chi connectivity index (χ2v) is 12.0. The van der Waals surface area contributed by atoms with E-state index in [9.17, 15) is 5.11 Å². The van der Waals surface area contributed by atoms with E-state index in [-0.39, 0.29) is 28.3 Å². The summed E-state index contributed by atoms with van der Waals surface area (Å²) in [7, 11) is 0. The van der Waals surface area contributed by atoms with Gasteiger partial charge in [0.1, 0.15) is 0 Å². The van der Waals surface area contributed by atoms with E-state index in [1.54, 1.807) is 0 Å². The third-order valence-electron chi connectivity index (χ3n) is 10.1. The number of ether oxygens (including phenoxy) is 1. The molecule has 4 nitrogen and oxygen atoms in total. The zero-order valence-corrected chi connectivity index (χ0v) is 19.0. The summed E-state index contributed by atoms with van der Waals surface area (Å²) in [5.41, 5.74) is 6.49. The first kappa shape index (κ1) is 20.0. The zero-order valence-electron chi connectivity index (χ0n) is 19.0. The summed E-state index contributed by atoms with van der Waals surface area (Å²) in [5.74, 6) is 0.158. The molecular formula is C25H38N2O2. The van der Waals surface area contributed by atoms with Gasteiger partial charge in [-0.2, -0.15) is 0 Å². The van der Waals surface area contributed by atoms with Gasteiger partial charge in [-0.05, 0) is 64.5 Å². The van der Waals surface area contributed by atoms with Crippen LogP contribution >= 0.6 is 0 Å². The second kappa shape index (κ2) is 5.44. The van der Waals surface area contributed by atoms with Gasteiger partial charge in [0, 0.05) is 40.6 Å². The first-order valence-corrected chi connectivity index (χ1v) is 11.5. The standard InChI is InChI=1S/C25H38N2O2/c1-16-10-9-11-18(27-16)17-14-21(4)19-23(17,6)29-24(13-8-7-12-22(21,24)5)15-25(19,28)20(2,3)26/h9-11,17,19,28H,7-8,12-15,26H2,1-6H3/t17-,19?,21?,22?,23?,24?,25+/m1/s1. The van der Waals surface area contributed by atoms with Gasteiger partial charge in [0.25, 0.3) is 0 Å². The molecule has 3 aliphatic carbocycles. The molecule has 3 heterocycles. The van der Waals surface area contributed by atoms with Gasteiger partial charge in [0.15, 0.2) is 0 Å². The smallest absolute Gasteiger partial charge is 0.0909 e. The molecule has 0 aromatic carbocycles. The minimum Gasteiger partial charge on any atom is -0.387 e. The molecule has 4 bridgehead atoms. The zero-order chi connectivity index (χ0) is 21.1. The summed E-state index contributed by atoms with van der Waals surface area (Å²) in [5, 5.41) is 12.4. The lowest BCUT2D eigenvalue weighted by Gasteiger charge is -2.76. The van der Waals surface area contributed by atoms with Crippen molar-refractivity contribution >= 4 is 0 Å². The summed E-state index contributed by atoms with van der Waals surface area (Å²) in [6.45, 7) is 13.2. The highest BCUT2D eigenvalue weighted by Gasteiger charge is 2.85. The number of aliphatic hydroxyl groups is 1. The lowest BCUT2D eigenvalue weighted by Crippen LogP contribution is -2.83. The molecule has 1 aromatic heterocycles. The number of pyridine rings is 1. The van der Waals surface area contributed by atoms with Crippen LogP contribution in [0, 0.1) is 23.7 Å². The molecule has 0 radical (unpaired) electrons. The van der Waals surface area contributed by atoms with Crippen molar-refractivity contribution in [1.29, 1.82) is 0 Å². The minimum absolute atomic E-state index is 0.0141. The van der Waals surface area contributed by atoms with Gasteiger partial charge in [0.2, 0.25) is 0 Å². The number of fused-ring (bicyclic) bond motifs is 1. The van der Waals surface area contributed by atoms with Crippen molar-refractivity contribution in [1.82, 2.24) is 4.98 Å². The molecule has 3 saturated carbocycles. The number of aromatic nitrogens is 1. The third kappa shape index (κ3) is 2.09. The molecule has 5 aliphatic rings. The van der Waals surface area contributed by atoms with Gasteiger partial charge in [-0.3, -0.25) is 4.98 Å². The third-order valence-corrected chi connectivity index (χ3v) is 10.1. The van der Waals surface area contributed by atoms with E-state index >= 15 is 0 Å². The predicted octanol–water partition coefficient (Wildman–Crippen LogP) is 4.48. The topological polar surface area (TPSA) is 68.4 Å². The quantitative estimate of drug-likeness (QED) is 0.771. The molecule has 4 heteroatoms. The molecule has 2 aliphatic heterocycles. The van der Waals surface area contributed by atoms with Gasteiger partial charge in [-0.1, -0.05) is 32.8 Å². The minimum atomic E-state index is -0.954. The Hall–Kier alpha value is -0.970. The summed E-state index contributed by atoms with van der Waals surface area (Å²) < 4.78 is 7.27. The number of rotatable bonds is 2. The highest BCUT2D eigenvalue weighted by Crippen LogP contribution is 2.81. The van der Waals surface area contributed by atoms with Crippen LogP contribution in [-0.4, -0.2) is 32.4 Å². The summed E-state index contributed by atoms with van der Waals surface area (Å²) in [6.07, 6.45) is 6.27. The summed E-state index contributed by atoms with van der Waals surface area (Å²) >= 11 is 0. The first-order chi connectivity index (χ1) is 13.3. The molecule has 3 N–H and O–H groups in total. The fraction of sp³-hybridized carbons (Fsp3) is 0.800. The molecule has 5 unspecified atom stereocenters. The van der Waals surface area contributed by atoms with Crippen molar-refractivity contribution in [3.05, 3.63) is 29.6 Å². The molecule has 2 saturated heterocycles. The Kier molecular flexibility index (Phi) is 3.74. The molecular weight excluding hydrogens is 360 g/mol. The van der Waals surface area contributed by atoms with Gasteiger partial charge in [0.05, 0.1) is 16.8 Å². The summed E-state index contributed by atoms with van der Waals surface area (Å²) in [4.78, 5) is 4.93. The monoisotopic (exact) mass is 398 g/mol. The van der Waals surface area contributed by atoms with Gasteiger partial charge in [-0.15, -0.1) is 0 Å². The van der Waals surface area contributed by atoms with Crippen LogP contribution in [0.2, 0.25) is 0 Å². The largest absolute Gasteiger partial charge is 0.387 e. The van der Waals surface area contributed by atoms with Crippen molar-refractivity contribution in [2.75, 3.05) is 0 Å². The van der Waals surface area contributed by atoms with E-state index in [0.717, 1.165) is 24.2 Å². The van der Waals surface area contributed by atoms with Crippen LogP contribution in [-0.2, 0) is 4.74 Å². The lowest BCUT2D eigenvalue weighted by molar-refractivity contribution is -0.396. The van der Waals surface area contributed by atoms with Crippen LogP contribution in [0.5, 0.6) is 0 Å². The average molecular weight is 399 g/mol. The maximum atomic E-state index is 12.4. The molecule has 5 fully saturated rings. The van der Waals surface area contributed by atoms with Crippen LogP contribution in [0.4, 0.5) is 0 Å². The van der Waals surface area contributed by atoms with Crippen LogP contribution in [0.25, 0.3) is 0 Å². The Balaban J connectivity index is 1.77. The van der Waals surface area contributed by atoms with E-state index in [2.05, 4.69) is 45.9 Å². The van der Waals surface area contributed by atoms with Crippen molar-refractivity contribution in [2.24, 2.45) is 22.5 Å². The highest BCUT2D eigenvalue weighted by molar-refractivity contribution is 5.38. The predicted molar refractivity (Wildman–Crippen MR) is 115 cm³/mol. The highest BCUT2D eigenvalue weighted by atomic mass is 16.5. The Morgan fingerprint density at radius 2 is 1.86 bits per heavy atom. The Morgan fingerprint density at radius 1 is 1.17 bits per heavy atom. The molecule has 7 atom stereocenters. The Bertz CT molecular complexity index is 865. The molecule has 160 valence electrons. The van der Waals surface area contributed by atoms with Crippen LogP contribution < -0.4 is 5.73 Å². The van der Waals surface area contributed by atoms with Gasteiger partial charge in [-0.25, -0.2) is 0 Å². The maximum absolute atomic E-state index is 12.4. The number of hydrogen-bond donors (Lipinski definition) is 2. The van der Waals surface area contributed by atoms with E-state index in [1.165, 1.54) is 19.3 Å². The van der Waals surface area contributed by atoms with E-state index < -0.39 is 16.7 Å². The number of nitrogens with zero attached hydrogens (tertiary/aromatic N) is 1. The fourth-order valence-electron chi connectivity index (χ4n) is 8.65. The SMILES string of the molecule is Cc1cccc([C@H]2CC3(C)C4C2(C)OC2(CCCCC23C)C[C@@]4(O)C(C)(C)N)n1. The molecule has 6 rings (SSSR count). The van der Waals surface area contributed by atoms with Gasteiger partial charge >= 0.3 is 0 Å². The van der Waals surface area contributed by atoms with E-state index in [4.69, 9.17) is 15.5 Å². The van der Waals surface area contributed by atoms with Crippen molar-refractivity contribution in [2.45, 2.75) is 108 Å². The second-order valence-electron chi connectivity index (χ2n) is 12.0. The Morgan fingerprint density at radius 3 is 2.52 bits per heavy atom. The van der Waals surface area contributed by atoms with Crippen molar-refractivity contribution < 1.29 is 9.84 Å². The maximum Gasteiger partial charge on any atom is 0.0909 e. The molecule has 0 amide bonds. The van der Waals surface area contributed by atoms with Crippen molar-refractivity contribution in [3.63, 3.8) is 0 Å². The number of nitrogens with two attached hydrogens (primary N) is 1. The van der Waals surface area contributed by atoms with Crippen LogP contribution in [0.3, 0.4) is 0 Å². The average Bonchev–Trinajstić information content (AvgIpc) is 2.82. The normalized spacial score (nSPS) is 51.2. The molecule has 29 heavy (non-hydrogen) atoms.